The fourth-order valence-corrected chi connectivity index (χ4v) is 2.50. The van der Waals surface area contributed by atoms with Gasteiger partial charge in [-0.15, -0.1) is 5.10 Å². The molecule has 128 valence electrons. The third kappa shape index (κ3) is 5.28. The lowest BCUT2D eigenvalue weighted by Crippen LogP contribution is -2.05. The Morgan fingerprint density at radius 3 is 2.83 bits per heavy atom. The Labute approximate surface area is 150 Å². The quantitative estimate of drug-likeness (QED) is 0.549. The fraction of sp³-hybridized carbons (Fsp3) is 0.294. The minimum absolute atomic E-state index is 0.381. The summed E-state index contributed by atoms with van der Waals surface area (Å²) in [5, 5.41) is 14.3. The van der Waals surface area contributed by atoms with E-state index < -0.39 is 5.97 Å². The maximum Gasteiger partial charge on any atom is 0.328 e. The van der Waals surface area contributed by atoms with Gasteiger partial charge in [0.25, 0.3) is 0 Å². The first-order valence-corrected chi connectivity index (χ1v) is 8.30. The van der Waals surface area contributed by atoms with Crippen LogP contribution in [0.2, 0.25) is 10.0 Å². The fourth-order valence-electron chi connectivity index (χ4n) is 2.03. The van der Waals surface area contributed by atoms with Crippen molar-refractivity contribution in [2.75, 3.05) is 6.61 Å². The summed E-state index contributed by atoms with van der Waals surface area (Å²) in [5.74, 6) is -0.570. The predicted molar refractivity (Wildman–Crippen MR) is 94.9 cm³/mol. The van der Waals surface area contributed by atoms with E-state index in [4.69, 9.17) is 33.0 Å². The van der Waals surface area contributed by atoms with Gasteiger partial charge in [-0.05, 0) is 30.2 Å². The molecular weight excluding hydrogens is 351 g/mol. The minimum Gasteiger partial charge on any atom is -0.478 e. The summed E-state index contributed by atoms with van der Waals surface area (Å²) in [6.45, 7) is 3.02. The maximum absolute atomic E-state index is 10.8. The highest BCUT2D eigenvalue weighted by atomic mass is 35.5. The van der Waals surface area contributed by atoms with Crippen molar-refractivity contribution in [1.82, 2.24) is 9.78 Å². The summed E-state index contributed by atoms with van der Waals surface area (Å²) >= 11 is 12.1. The highest BCUT2D eigenvalue weighted by Gasteiger charge is 2.10. The largest absolute Gasteiger partial charge is 0.478 e. The molecule has 0 unspecified atom stereocenters. The van der Waals surface area contributed by atoms with Gasteiger partial charge >= 0.3 is 5.97 Å². The molecular formula is C17H18Cl2N2O3. The van der Waals surface area contributed by atoms with Crippen molar-refractivity contribution in [3.63, 3.8) is 0 Å². The number of rotatable bonds is 8. The molecule has 1 heterocycles. The summed E-state index contributed by atoms with van der Waals surface area (Å²) in [6, 6.07) is 6.93. The molecule has 0 saturated carbocycles. The van der Waals surface area contributed by atoms with Crippen LogP contribution in [0.15, 0.2) is 30.3 Å². The maximum atomic E-state index is 10.8. The Morgan fingerprint density at radius 2 is 2.17 bits per heavy atom. The SMILES string of the molecule is CCCCOc1cc(/C=C/C(=O)O)n(Cc2ccc(Cl)cc2Cl)n1. The lowest BCUT2D eigenvalue weighted by molar-refractivity contribution is -0.131. The highest BCUT2D eigenvalue weighted by Crippen LogP contribution is 2.23. The average Bonchev–Trinajstić information content (AvgIpc) is 2.90. The molecule has 0 aliphatic heterocycles. The number of ether oxygens (including phenoxy) is 1. The van der Waals surface area contributed by atoms with E-state index in [1.165, 1.54) is 6.08 Å². The Morgan fingerprint density at radius 1 is 1.38 bits per heavy atom. The van der Waals surface area contributed by atoms with Crippen molar-refractivity contribution in [2.45, 2.75) is 26.3 Å². The second-order valence-electron chi connectivity index (χ2n) is 5.17. The Bertz CT molecular complexity index is 741. The molecule has 1 aromatic carbocycles. The molecule has 0 bridgehead atoms. The van der Waals surface area contributed by atoms with E-state index in [9.17, 15) is 4.79 Å². The predicted octanol–water partition coefficient (Wildman–Crippen LogP) is 4.51. The number of unbranched alkanes of at least 4 members (excludes halogenated alkanes) is 1. The monoisotopic (exact) mass is 368 g/mol. The van der Waals surface area contributed by atoms with Crippen LogP contribution < -0.4 is 4.74 Å². The van der Waals surface area contributed by atoms with Crippen molar-refractivity contribution in [2.24, 2.45) is 0 Å². The number of carbonyl (C=O) groups is 1. The van der Waals surface area contributed by atoms with Crippen molar-refractivity contribution in [1.29, 1.82) is 0 Å². The molecule has 0 aliphatic rings. The number of benzene rings is 1. The van der Waals surface area contributed by atoms with Gasteiger partial charge in [0.15, 0.2) is 0 Å². The van der Waals surface area contributed by atoms with Gasteiger partial charge in [-0.2, -0.15) is 0 Å². The van der Waals surface area contributed by atoms with E-state index in [1.807, 2.05) is 6.07 Å². The molecule has 5 nitrogen and oxygen atoms in total. The first-order chi connectivity index (χ1) is 11.5. The molecule has 0 aliphatic carbocycles. The number of carboxylic acids is 1. The molecule has 2 rings (SSSR count). The zero-order chi connectivity index (χ0) is 17.5. The smallest absolute Gasteiger partial charge is 0.328 e. The van der Waals surface area contributed by atoms with E-state index in [2.05, 4.69) is 12.0 Å². The second kappa shape index (κ2) is 8.76. The molecule has 1 aromatic heterocycles. The first-order valence-electron chi connectivity index (χ1n) is 7.55. The van der Waals surface area contributed by atoms with Crippen LogP contribution in [0, 0.1) is 0 Å². The van der Waals surface area contributed by atoms with Gasteiger partial charge in [-0.3, -0.25) is 4.68 Å². The number of aromatic nitrogens is 2. The van der Waals surface area contributed by atoms with Crippen molar-refractivity contribution >= 4 is 35.2 Å². The number of carboxylic acid groups (broad SMARTS) is 1. The van der Waals surface area contributed by atoms with Gasteiger partial charge < -0.3 is 9.84 Å². The number of hydrogen-bond acceptors (Lipinski definition) is 3. The van der Waals surface area contributed by atoms with Gasteiger partial charge in [0.2, 0.25) is 5.88 Å². The molecule has 1 N–H and O–H groups in total. The molecule has 0 radical (unpaired) electrons. The Hall–Kier alpha value is -1.98. The Kier molecular flexibility index (Phi) is 6.70. The molecule has 24 heavy (non-hydrogen) atoms. The van der Waals surface area contributed by atoms with E-state index >= 15 is 0 Å². The van der Waals surface area contributed by atoms with Crippen LogP contribution in [0.1, 0.15) is 31.0 Å². The van der Waals surface area contributed by atoms with Gasteiger partial charge in [0.1, 0.15) is 0 Å². The van der Waals surface area contributed by atoms with Crippen molar-refractivity contribution in [3.8, 4) is 5.88 Å². The molecule has 0 amide bonds. The zero-order valence-electron chi connectivity index (χ0n) is 13.2. The normalized spacial score (nSPS) is 11.1. The van der Waals surface area contributed by atoms with Crippen LogP contribution >= 0.6 is 23.2 Å². The first kappa shape index (κ1) is 18.4. The van der Waals surface area contributed by atoms with Crippen molar-refractivity contribution < 1.29 is 14.6 Å². The minimum atomic E-state index is -1.03. The number of halogens is 2. The number of hydrogen-bond donors (Lipinski definition) is 1. The van der Waals surface area contributed by atoms with Gasteiger partial charge in [0.05, 0.1) is 18.8 Å². The number of aliphatic carboxylic acids is 1. The molecule has 2 aromatic rings. The van der Waals surface area contributed by atoms with E-state index in [-0.39, 0.29) is 0 Å². The molecule has 7 heteroatoms. The lowest BCUT2D eigenvalue weighted by atomic mass is 10.2. The second-order valence-corrected chi connectivity index (χ2v) is 6.02. The third-order valence-electron chi connectivity index (χ3n) is 3.27. The van der Waals surface area contributed by atoms with Gasteiger partial charge in [-0.1, -0.05) is 42.6 Å². The summed E-state index contributed by atoms with van der Waals surface area (Å²) in [6.07, 6.45) is 4.49. The van der Waals surface area contributed by atoms with Crippen LogP contribution in [0.4, 0.5) is 0 Å². The molecule has 0 spiro atoms. The highest BCUT2D eigenvalue weighted by molar-refractivity contribution is 6.35. The van der Waals surface area contributed by atoms with Crippen LogP contribution in [0.3, 0.4) is 0 Å². The lowest BCUT2D eigenvalue weighted by Gasteiger charge is -2.07. The summed E-state index contributed by atoms with van der Waals surface area (Å²) < 4.78 is 7.24. The van der Waals surface area contributed by atoms with Gasteiger partial charge in [0, 0.05) is 22.2 Å². The molecule has 0 atom stereocenters. The van der Waals surface area contributed by atoms with Crippen LogP contribution in [0.25, 0.3) is 6.08 Å². The van der Waals surface area contributed by atoms with Crippen LogP contribution in [-0.2, 0) is 11.3 Å². The van der Waals surface area contributed by atoms with E-state index in [1.54, 1.807) is 22.9 Å². The van der Waals surface area contributed by atoms with E-state index in [0.29, 0.717) is 34.8 Å². The van der Waals surface area contributed by atoms with Crippen molar-refractivity contribution in [3.05, 3.63) is 51.6 Å². The third-order valence-corrected chi connectivity index (χ3v) is 3.86. The van der Waals surface area contributed by atoms with Crippen LogP contribution in [0.5, 0.6) is 5.88 Å². The summed E-state index contributed by atoms with van der Waals surface area (Å²) in [4.78, 5) is 10.8. The van der Waals surface area contributed by atoms with Gasteiger partial charge in [-0.25, -0.2) is 4.79 Å². The van der Waals surface area contributed by atoms with E-state index in [0.717, 1.165) is 24.5 Å². The topological polar surface area (TPSA) is 64.3 Å². The van der Waals surface area contributed by atoms with Crippen LogP contribution in [-0.4, -0.2) is 27.5 Å². The summed E-state index contributed by atoms with van der Waals surface area (Å²) in [7, 11) is 0. The molecule has 0 fully saturated rings. The summed E-state index contributed by atoms with van der Waals surface area (Å²) in [5.41, 5.74) is 1.45. The number of nitrogens with zero attached hydrogens (tertiary/aromatic N) is 2. The Balaban J connectivity index is 2.26. The molecule has 0 saturated heterocycles. The average molecular weight is 369 g/mol. The zero-order valence-corrected chi connectivity index (χ0v) is 14.7. The standard InChI is InChI=1S/C17H18Cl2N2O3/c1-2-3-8-24-16-10-14(6-7-17(22)23)21(20-16)11-12-4-5-13(18)9-15(12)19/h4-7,9-10H,2-3,8,11H2,1H3,(H,22,23)/b7-6+.